The number of halogens is 1. The topological polar surface area (TPSA) is 55.6 Å². The molecule has 1 aliphatic rings. The van der Waals surface area contributed by atoms with Crippen molar-refractivity contribution in [2.24, 2.45) is 5.73 Å². The third-order valence-electron chi connectivity index (χ3n) is 4.91. The highest BCUT2D eigenvalue weighted by Crippen LogP contribution is 2.20. The summed E-state index contributed by atoms with van der Waals surface area (Å²) in [5.41, 5.74) is 8.93. The van der Waals surface area contributed by atoms with Gasteiger partial charge < -0.3 is 15.4 Å². The van der Waals surface area contributed by atoms with Crippen molar-refractivity contribution in [1.82, 2.24) is 4.90 Å². The molecular formula is C22H29ClN2O2. The van der Waals surface area contributed by atoms with Gasteiger partial charge in [0.1, 0.15) is 0 Å². The molecule has 0 aromatic heterocycles. The van der Waals surface area contributed by atoms with Crippen LogP contribution in [0.15, 0.2) is 54.6 Å². The Morgan fingerprint density at radius 1 is 1.00 bits per heavy atom. The van der Waals surface area contributed by atoms with E-state index in [0.29, 0.717) is 13.0 Å². The summed E-state index contributed by atoms with van der Waals surface area (Å²) in [5.74, 6) is 0.206. The molecule has 1 amide bonds. The van der Waals surface area contributed by atoms with Crippen LogP contribution in [0.5, 0.6) is 0 Å². The summed E-state index contributed by atoms with van der Waals surface area (Å²) < 4.78 is 5.81. The van der Waals surface area contributed by atoms with Gasteiger partial charge in [0.25, 0.3) is 0 Å². The molecule has 0 atom stereocenters. The van der Waals surface area contributed by atoms with Crippen molar-refractivity contribution in [3.63, 3.8) is 0 Å². The molecule has 2 aromatic rings. The largest absolute Gasteiger partial charge is 0.378 e. The summed E-state index contributed by atoms with van der Waals surface area (Å²) in [4.78, 5) is 14.5. The second kappa shape index (κ2) is 11.1. The predicted octanol–water partition coefficient (Wildman–Crippen LogP) is 3.67. The SMILES string of the molecule is Cl.NCCCOC1CCN(C(=O)Cc2ccc(-c3ccccc3)cc2)CC1. The van der Waals surface area contributed by atoms with Crippen LogP contribution in [-0.4, -0.2) is 43.2 Å². The fourth-order valence-corrected chi connectivity index (χ4v) is 3.34. The van der Waals surface area contributed by atoms with E-state index in [1.165, 1.54) is 11.1 Å². The van der Waals surface area contributed by atoms with Crippen LogP contribution in [0, 0.1) is 0 Å². The molecule has 5 heteroatoms. The van der Waals surface area contributed by atoms with E-state index >= 15 is 0 Å². The number of carbonyl (C=O) groups excluding carboxylic acids is 1. The predicted molar refractivity (Wildman–Crippen MR) is 112 cm³/mol. The van der Waals surface area contributed by atoms with Crippen LogP contribution in [-0.2, 0) is 16.0 Å². The first-order valence-electron chi connectivity index (χ1n) is 9.50. The van der Waals surface area contributed by atoms with Gasteiger partial charge in [0.2, 0.25) is 5.91 Å². The number of rotatable bonds is 7. The normalized spacial score (nSPS) is 14.6. The Kier molecular flexibility index (Phi) is 8.79. The van der Waals surface area contributed by atoms with E-state index in [-0.39, 0.29) is 24.4 Å². The molecular weight excluding hydrogens is 360 g/mol. The molecule has 0 radical (unpaired) electrons. The maximum absolute atomic E-state index is 12.6. The smallest absolute Gasteiger partial charge is 0.226 e. The minimum atomic E-state index is 0. The van der Waals surface area contributed by atoms with Gasteiger partial charge in [-0.3, -0.25) is 4.79 Å². The van der Waals surface area contributed by atoms with Crippen LogP contribution in [0.2, 0.25) is 0 Å². The molecule has 2 aromatic carbocycles. The standard InChI is InChI=1S/C22H28N2O2.ClH/c23-13-4-16-26-21-11-14-24(15-12-21)22(25)17-18-7-9-20(10-8-18)19-5-2-1-3-6-19;/h1-3,5-10,21H,4,11-17,23H2;1H. The second-order valence-electron chi connectivity index (χ2n) is 6.83. The van der Waals surface area contributed by atoms with E-state index in [4.69, 9.17) is 10.5 Å². The molecule has 0 saturated carbocycles. The average molecular weight is 389 g/mol. The molecule has 146 valence electrons. The van der Waals surface area contributed by atoms with Crippen molar-refractivity contribution in [3.05, 3.63) is 60.2 Å². The number of benzene rings is 2. The van der Waals surface area contributed by atoms with Crippen molar-refractivity contribution in [3.8, 4) is 11.1 Å². The Bertz CT molecular complexity index is 683. The number of ether oxygens (including phenoxy) is 1. The third-order valence-corrected chi connectivity index (χ3v) is 4.91. The highest BCUT2D eigenvalue weighted by atomic mass is 35.5. The van der Waals surface area contributed by atoms with Gasteiger partial charge in [0, 0.05) is 19.7 Å². The van der Waals surface area contributed by atoms with Crippen LogP contribution < -0.4 is 5.73 Å². The van der Waals surface area contributed by atoms with Crippen LogP contribution in [0.1, 0.15) is 24.8 Å². The summed E-state index contributed by atoms with van der Waals surface area (Å²) in [6, 6.07) is 18.6. The number of likely N-dealkylation sites (tertiary alicyclic amines) is 1. The molecule has 1 heterocycles. The summed E-state index contributed by atoms with van der Waals surface area (Å²) >= 11 is 0. The lowest BCUT2D eigenvalue weighted by molar-refractivity contribution is -0.133. The van der Waals surface area contributed by atoms with Crippen molar-refractivity contribution in [2.45, 2.75) is 31.8 Å². The quantitative estimate of drug-likeness (QED) is 0.736. The summed E-state index contributed by atoms with van der Waals surface area (Å²) in [5, 5.41) is 0. The van der Waals surface area contributed by atoms with E-state index in [1.54, 1.807) is 0 Å². The van der Waals surface area contributed by atoms with Crippen molar-refractivity contribution < 1.29 is 9.53 Å². The first kappa shape index (κ1) is 21.4. The van der Waals surface area contributed by atoms with Gasteiger partial charge >= 0.3 is 0 Å². The van der Waals surface area contributed by atoms with Crippen molar-refractivity contribution >= 4 is 18.3 Å². The lowest BCUT2D eigenvalue weighted by Crippen LogP contribution is -2.41. The maximum atomic E-state index is 12.6. The van der Waals surface area contributed by atoms with E-state index < -0.39 is 0 Å². The number of hydrogen-bond acceptors (Lipinski definition) is 3. The molecule has 0 aliphatic carbocycles. The molecule has 0 unspecified atom stereocenters. The number of carbonyl (C=O) groups is 1. The molecule has 4 nitrogen and oxygen atoms in total. The highest BCUT2D eigenvalue weighted by molar-refractivity contribution is 5.85. The van der Waals surface area contributed by atoms with Crippen molar-refractivity contribution in [1.29, 1.82) is 0 Å². The van der Waals surface area contributed by atoms with E-state index in [0.717, 1.165) is 44.5 Å². The first-order valence-corrected chi connectivity index (χ1v) is 9.50. The molecule has 1 aliphatic heterocycles. The molecule has 1 fully saturated rings. The Hall–Kier alpha value is -1.88. The molecule has 27 heavy (non-hydrogen) atoms. The third kappa shape index (κ3) is 6.35. The van der Waals surface area contributed by atoms with Gasteiger partial charge in [0.15, 0.2) is 0 Å². The Morgan fingerprint density at radius 2 is 1.63 bits per heavy atom. The molecule has 2 N–H and O–H groups in total. The van der Waals surface area contributed by atoms with Crippen LogP contribution in [0.3, 0.4) is 0 Å². The van der Waals surface area contributed by atoms with Gasteiger partial charge in [-0.1, -0.05) is 54.6 Å². The fraction of sp³-hybridized carbons (Fsp3) is 0.409. The first-order chi connectivity index (χ1) is 12.8. The van der Waals surface area contributed by atoms with Crippen LogP contribution in [0.4, 0.5) is 0 Å². The van der Waals surface area contributed by atoms with Crippen molar-refractivity contribution in [2.75, 3.05) is 26.2 Å². The van der Waals surface area contributed by atoms with E-state index in [9.17, 15) is 4.79 Å². The number of nitrogens with zero attached hydrogens (tertiary/aromatic N) is 1. The van der Waals surface area contributed by atoms with Crippen LogP contribution >= 0.6 is 12.4 Å². The highest BCUT2D eigenvalue weighted by Gasteiger charge is 2.23. The summed E-state index contributed by atoms with van der Waals surface area (Å²) in [6.07, 6.45) is 3.48. The number of piperidine rings is 1. The van der Waals surface area contributed by atoms with Gasteiger partial charge in [0.05, 0.1) is 12.5 Å². The average Bonchev–Trinajstić information content (AvgIpc) is 2.70. The fourth-order valence-electron chi connectivity index (χ4n) is 3.34. The van der Waals surface area contributed by atoms with Gasteiger partial charge in [-0.05, 0) is 42.5 Å². The molecule has 0 bridgehead atoms. The van der Waals surface area contributed by atoms with E-state index in [2.05, 4.69) is 36.4 Å². The zero-order valence-corrected chi connectivity index (χ0v) is 16.5. The zero-order chi connectivity index (χ0) is 18.2. The summed E-state index contributed by atoms with van der Waals surface area (Å²) in [6.45, 7) is 2.96. The Balaban J connectivity index is 0.00000261. The summed E-state index contributed by atoms with van der Waals surface area (Å²) in [7, 11) is 0. The Labute approximate surface area is 168 Å². The molecule has 1 saturated heterocycles. The minimum absolute atomic E-state index is 0. The number of hydrogen-bond donors (Lipinski definition) is 1. The van der Waals surface area contributed by atoms with Gasteiger partial charge in [-0.25, -0.2) is 0 Å². The lowest BCUT2D eigenvalue weighted by Gasteiger charge is -2.32. The maximum Gasteiger partial charge on any atom is 0.226 e. The number of amides is 1. The van der Waals surface area contributed by atoms with Gasteiger partial charge in [-0.15, -0.1) is 12.4 Å². The molecule has 0 spiro atoms. The van der Waals surface area contributed by atoms with E-state index in [1.807, 2.05) is 23.1 Å². The van der Waals surface area contributed by atoms with Gasteiger partial charge in [-0.2, -0.15) is 0 Å². The zero-order valence-electron chi connectivity index (χ0n) is 15.7. The van der Waals surface area contributed by atoms with Crippen LogP contribution in [0.25, 0.3) is 11.1 Å². The number of nitrogens with two attached hydrogens (primary N) is 1. The monoisotopic (exact) mass is 388 g/mol. The Morgan fingerprint density at radius 3 is 2.26 bits per heavy atom. The lowest BCUT2D eigenvalue weighted by atomic mass is 10.0. The molecule has 3 rings (SSSR count). The minimum Gasteiger partial charge on any atom is -0.378 e. The second-order valence-corrected chi connectivity index (χ2v) is 6.83.